The van der Waals surface area contributed by atoms with E-state index in [1.54, 1.807) is 0 Å². The highest BCUT2D eigenvalue weighted by Gasteiger charge is 2.19. The van der Waals surface area contributed by atoms with Gasteiger partial charge in [0.05, 0.1) is 0 Å². The van der Waals surface area contributed by atoms with E-state index in [1.807, 2.05) is 0 Å². The Balaban J connectivity index is 4.55. The number of rotatable bonds is 44. The SMILES string of the molecule is CC/C=C\C/C=C\C/C=C\C/C=C\C/C=C\CCCC(=O)OC(COC(=O)CCCCCCC\C=C/C=C\C=C/C=C\CCCCC)COC(=O)CCCCCCC/C=C\CCCC. The first-order valence-electron chi connectivity index (χ1n) is 25.6. The third kappa shape index (κ3) is 48.8. The van der Waals surface area contributed by atoms with E-state index in [2.05, 4.69) is 142 Å². The maximum atomic E-state index is 12.8. The van der Waals surface area contributed by atoms with Gasteiger partial charge in [0.1, 0.15) is 13.2 Å². The average molecular weight is 885 g/mol. The third-order valence-corrected chi connectivity index (χ3v) is 10.3. The second-order valence-electron chi connectivity index (χ2n) is 16.4. The molecule has 0 heterocycles. The number of allylic oxidation sites excluding steroid dienone is 20. The van der Waals surface area contributed by atoms with Crippen molar-refractivity contribution >= 4 is 17.9 Å². The van der Waals surface area contributed by atoms with E-state index in [1.165, 1.54) is 44.9 Å². The Bertz CT molecular complexity index is 1390. The lowest BCUT2D eigenvalue weighted by Crippen LogP contribution is -2.30. The molecule has 0 aromatic heterocycles. The van der Waals surface area contributed by atoms with Crippen LogP contribution in [0.2, 0.25) is 0 Å². The van der Waals surface area contributed by atoms with E-state index >= 15 is 0 Å². The van der Waals surface area contributed by atoms with E-state index in [9.17, 15) is 14.4 Å². The largest absolute Gasteiger partial charge is 0.462 e. The Labute approximate surface area is 392 Å². The van der Waals surface area contributed by atoms with Gasteiger partial charge in [-0.25, -0.2) is 0 Å². The van der Waals surface area contributed by atoms with Crippen LogP contribution in [0.15, 0.2) is 122 Å². The number of carbonyl (C=O) groups is 3. The van der Waals surface area contributed by atoms with Gasteiger partial charge in [-0.1, -0.05) is 206 Å². The summed E-state index contributed by atoms with van der Waals surface area (Å²) in [6.45, 7) is 6.35. The fraction of sp³-hybridized carbons (Fsp3) is 0.603. The molecule has 0 spiro atoms. The molecule has 0 N–H and O–H groups in total. The van der Waals surface area contributed by atoms with Crippen molar-refractivity contribution in [3.8, 4) is 0 Å². The lowest BCUT2D eigenvalue weighted by atomic mass is 10.1. The van der Waals surface area contributed by atoms with Crippen LogP contribution in [0.3, 0.4) is 0 Å². The lowest BCUT2D eigenvalue weighted by Gasteiger charge is -2.18. The molecule has 0 saturated heterocycles. The monoisotopic (exact) mass is 885 g/mol. The molecule has 0 saturated carbocycles. The van der Waals surface area contributed by atoms with Gasteiger partial charge >= 0.3 is 17.9 Å². The minimum absolute atomic E-state index is 0.117. The smallest absolute Gasteiger partial charge is 0.306 e. The van der Waals surface area contributed by atoms with Crippen molar-refractivity contribution in [2.75, 3.05) is 13.2 Å². The predicted octanol–water partition coefficient (Wildman–Crippen LogP) is 16.9. The Morgan fingerprint density at radius 2 is 0.703 bits per heavy atom. The van der Waals surface area contributed by atoms with E-state index in [4.69, 9.17) is 14.2 Å². The van der Waals surface area contributed by atoms with Gasteiger partial charge in [0, 0.05) is 19.3 Å². The molecule has 0 aliphatic heterocycles. The Kier molecular flexibility index (Phi) is 48.1. The average Bonchev–Trinajstić information content (AvgIpc) is 3.29. The van der Waals surface area contributed by atoms with Crippen LogP contribution in [0.25, 0.3) is 0 Å². The fourth-order valence-corrected chi connectivity index (χ4v) is 6.41. The first kappa shape index (κ1) is 59.8. The second kappa shape index (κ2) is 51.4. The molecule has 0 aliphatic carbocycles. The molecule has 0 aromatic rings. The molecule has 0 aliphatic rings. The minimum Gasteiger partial charge on any atom is -0.462 e. The Morgan fingerprint density at radius 1 is 0.344 bits per heavy atom. The van der Waals surface area contributed by atoms with Crippen LogP contribution in [0.1, 0.15) is 207 Å². The molecular weight excluding hydrogens is 793 g/mol. The highest BCUT2D eigenvalue weighted by molar-refractivity contribution is 5.71. The number of hydrogen-bond acceptors (Lipinski definition) is 6. The second-order valence-corrected chi connectivity index (χ2v) is 16.4. The van der Waals surface area contributed by atoms with Crippen molar-refractivity contribution in [3.63, 3.8) is 0 Å². The summed E-state index contributed by atoms with van der Waals surface area (Å²) in [7, 11) is 0. The highest BCUT2D eigenvalue weighted by Crippen LogP contribution is 2.12. The first-order valence-corrected chi connectivity index (χ1v) is 25.6. The van der Waals surface area contributed by atoms with Gasteiger partial charge in [-0.05, 0) is 103 Å². The number of ether oxygens (including phenoxy) is 3. The molecule has 360 valence electrons. The minimum atomic E-state index is -0.824. The van der Waals surface area contributed by atoms with Crippen LogP contribution in [0.5, 0.6) is 0 Å². The molecule has 0 rings (SSSR count). The normalized spacial score (nSPS) is 13.1. The lowest BCUT2D eigenvalue weighted by molar-refractivity contribution is -0.167. The topological polar surface area (TPSA) is 78.9 Å². The predicted molar refractivity (Wildman–Crippen MR) is 274 cm³/mol. The summed E-state index contributed by atoms with van der Waals surface area (Å²) in [5.41, 5.74) is 0. The molecule has 0 bridgehead atoms. The van der Waals surface area contributed by atoms with Crippen molar-refractivity contribution in [2.45, 2.75) is 213 Å². The van der Waals surface area contributed by atoms with Crippen LogP contribution in [0.4, 0.5) is 0 Å². The molecule has 0 fully saturated rings. The fourth-order valence-electron chi connectivity index (χ4n) is 6.41. The molecule has 0 amide bonds. The quantitative estimate of drug-likeness (QED) is 0.0199. The van der Waals surface area contributed by atoms with Crippen molar-refractivity contribution in [2.24, 2.45) is 0 Å². The summed E-state index contributed by atoms with van der Waals surface area (Å²) in [4.78, 5) is 37.9. The Morgan fingerprint density at radius 3 is 1.20 bits per heavy atom. The summed E-state index contributed by atoms with van der Waals surface area (Å²) in [5.74, 6) is -1.02. The molecule has 6 heteroatoms. The number of hydrogen-bond donors (Lipinski definition) is 0. The number of carbonyl (C=O) groups excluding carboxylic acids is 3. The zero-order chi connectivity index (χ0) is 46.5. The van der Waals surface area contributed by atoms with Gasteiger partial charge in [-0.3, -0.25) is 14.4 Å². The molecule has 0 aromatic carbocycles. The van der Waals surface area contributed by atoms with Crippen LogP contribution in [0, 0.1) is 0 Å². The maximum Gasteiger partial charge on any atom is 0.306 e. The summed E-state index contributed by atoms with van der Waals surface area (Å²) >= 11 is 0. The van der Waals surface area contributed by atoms with Crippen LogP contribution in [-0.2, 0) is 28.6 Å². The highest BCUT2D eigenvalue weighted by atomic mass is 16.6. The standard InChI is InChI=1S/C58H92O6/c1-4-7-10-13-16-19-22-24-26-28-30-31-33-36-39-42-45-48-51-57(60)63-54-55(53-62-56(59)50-47-44-41-38-35-21-18-15-12-9-6-3)64-58(61)52-49-46-43-40-37-34-32-29-27-25-23-20-17-14-11-8-5-2/h8,11,15-20,22,24-28,30-32,34,40,43,55H,4-7,9-10,12-14,21,23,29,33,35-39,41-42,44-54H2,1-3H3/b11-8-,18-15-,19-16-,20-17-,24-22-,27-25-,28-26-,31-30-,34-32-,43-40-. The van der Waals surface area contributed by atoms with Gasteiger partial charge in [-0.2, -0.15) is 0 Å². The summed E-state index contributed by atoms with van der Waals surface area (Å²) in [6.07, 6.45) is 70.4. The first-order chi connectivity index (χ1) is 31.5. The van der Waals surface area contributed by atoms with Gasteiger partial charge in [0.2, 0.25) is 0 Å². The zero-order valence-electron chi connectivity index (χ0n) is 41.0. The third-order valence-electron chi connectivity index (χ3n) is 10.3. The molecule has 0 radical (unpaired) electrons. The van der Waals surface area contributed by atoms with Gasteiger partial charge < -0.3 is 14.2 Å². The van der Waals surface area contributed by atoms with Crippen LogP contribution < -0.4 is 0 Å². The van der Waals surface area contributed by atoms with E-state index < -0.39 is 6.10 Å². The van der Waals surface area contributed by atoms with E-state index in [0.717, 1.165) is 116 Å². The maximum absolute atomic E-state index is 12.8. The summed E-state index contributed by atoms with van der Waals surface area (Å²) in [6, 6.07) is 0. The molecule has 64 heavy (non-hydrogen) atoms. The van der Waals surface area contributed by atoms with E-state index in [0.29, 0.717) is 19.3 Å². The molecule has 6 nitrogen and oxygen atoms in total. The molecule has 1 unspecified atom stereocenters. The van der Waals surface area contributed by atoms with Gasteiger partial charge in [-0.15, -0.1) is 0 Å². The molecule has 1 atom stereocenters. The van der Waals surface area contributed by atoms with Crippen molar-refractivity contribution in [1.82, 2.24) is 0 Å². The number of esters is 3. The van der Waals surface area contributed by atoms with Crippen molar-refractivity contribution in [3.05, 3.63) is 122 Å². The van der Waals surface area contributed by atoms with Crippen molar-refractivity contribution in [1.29, 1.82) is 0 Å². The van der Waals surface area contributed by atoms with Crippen LogP contribution >= 0.6 is 0 Å². The summed E-state index contributed by atoms with van der Waals surface area (Å²) in [5, 5.41) is 0. The van der Waals surface area contributed by atoms with E-state index in [-0.39, 0.29) is 37.5 Å². The van der Waals surface area contributed by atoms with Gasteiger partial charge in [0.25, 0.3) is 0 Å². The number of unbranched alkanes of at least 4 members (excludes halogenated alkanes) is 16. The van der Waals surface area contributed by atoms with Gasteiger partial charge in [0.15, 0.2) is 6.10 Å². The molecular formula is C58H92O6. The summed E-state index contributed by atoms with van der Waals surface area (Å²) < 4.78 is 16.7. The van der Waals surface area contributed by atoms with Crippen molar-refractivity contribution < 1.29 is 28.6 Å². The Hall–Kier alpha value is -4.19. The van der Waals surface area contributed by atoms with Crippen LogP contribution in [-0.4, -0.2) is 37.2 Å². The zero-order valence-corrected chi connectivity index (χ0v) is 41.0.